The number of para-hydroxylation sites is 1. The van der Waals surface area contributed by atoms with Gasteiger partial charge < -0.3 is 19.9 Å². The van der Waals surface area contributed by atoms with E-state index in [-0.39, 0.29) is 0 Å². The highest BCUT2D eigenvalue weighted by Gasteiger charge is 2.42. The van der Waals surface area contributed by atoms with Crippen molar-refractivity contribution in [2.45, 2.75) is 37.6 Å². The highest BCUT2D eigenvalue weighted by Crippen LogP contribution is 2.48. The van der Waals surface area contributed by atoms with Crippen LogP contribution in [0.1, 0.15) is 36.9 Å². The zero-order valence-corrected chi connectivity index (χ0v) is 16.8. The van der Waals surface area contributed by atoms with Crippen LogP contribution in [0.15, 0.2) is 36.5 Å². The molecule has 162 valence electrons. The van der Waals surface area contributed by atoms with Crippen molar-refractivity contribution in [3.05, 3.63) is 52.8 Å². The zero-order chi connectivity index (χ0) is 21.9. The average molecular weight is 445 g/mol. The first kappa shape index (κ1) is 22.2. The van der Waals surface area contributed by atoms with E-state index in [0.717, 1.165) is 43.1 Å². The number of benzene rings is 1. The Balaban J connectivity index is 0.000000318. The Morgan fingerprint density at radius 1 is 1.23 bits per heavy atom. The van der Waals surface area contributed by atoms with E-state index >= 15 is 0 Å². The third kappa shape index (κ3) is 4.96. The molecule has 0 radical (unpaired) electrons. The van der Waals surface area contributed by atoms with Gasteiger partial charge in [-0.05, 0) is 50.0 Å². The van der Waals surface area contributed by atoms with Gasteiger partial charge in [-0.3, -0.25) is 4.98 Å². The lowest BCUT2D eigenvalue weighted by atomic mass is 9.89. The molecule has 0 aliphatic carbocycles. The third-order valence-corrected chi connectivity index (χ3v) is 5.05. The van der Waals surface area contributed by atoms with Gasteiger partial charge in [0, 0.05) is 18.7 Å². The number of hydrogen-bond donors (Lipinski definition) is 2. The fourth-order valence-corrected chi connectivity index (χ4v) is 3.46. The number of rotatable bonds is 2. The quantitative estimate of drug-likeness (QED) is 0.711. The molecule has 2 aromatic rings. The molecule has 6 nitrogen and oxygen atoms in total. The van der Waals surface area contributed by atoms with Crippen LogP contribution in [0.2, 0.25) is 5.02 Å². The van der Waals surface area contributed by atoms with Gasteiger partial charge in [0.15, 0.2) is 11.5 Å². The average Bonchev–Trinajstić information content (AvgIpc) is 3.06. The summed E-state index contributed by atoms with van der Waals surface area (Å²) >= 11 is 5.93. The van der Waals surface area contributed by atoms with Crippen LogP contribution in [0.3, 0.4) is 0 Å². The van der Waals surface area contributed by atoms with E-state index in [9.17, 15) is 13.2 Å². The number of nitrogens with one attached hydrogen (secondary N) is 1. The summed E-state index contributed by atoms with van der Waals surface area (Å²) in [5, 5.41) is 11.1. The van der Waals surface area contributed by atoms with Crippen molar-refractivity contribution in [3.63, 3.8) is 0 Å². The molecular formula is C20H20ClF3N2O4. The molecular weight excluding hydrogens is 425 g/mol. The molecule has 10 heteroatoms. The minimum absolute atomic E-state index is 0.510. The predicted octanol–water partition coefficient (Wildman–Crippen LogP) is 4.48. The molecule has 4 rings (SSSR count). The lowest BCUT2D eigenvalue weighted by Crippen LogP contribution is -2.32. The minimum Gasteiger partial charge on any atom is -0.475 e. The van der Waals surface area contributed by atoms with Gasteiger partial charge in [-0.2, -0.15) is 13.2 Å². The number of aromatic nitrogens is 1. The zero-order valence-electron chi connectivity index (χ0n) is 16.0. The lowest BCUT2D eigenvalue weighted by Gasteiger charge is -2.25. The van der Waals surface area contributed by atoms with Gasteiger partial charge in [0.05, 0.1) is 5.02 Å². The first-order valence-electron chi connectivity index (χ1n) is 9.24. The van der Waals surface area contributed by atoms with E-state index in [2.05, 4.69) is 16.4 Å². The maximum atomic E-state index is 10.6. The number of pyridine rings is 1. The third-order valence-electron chi connectivity index (χ3n) is 4.83. The van der Waals surface area contributed by atoms with Crippen molar-refractivity contribution >= 4 is 17.6 Å². The van der Waals surface area contributed by atoms with Crippen molar-refractivity contribution < 1.29 is 32.5 Å². The van der Waals surface area contributed by atoms with E-state index in [1.54, 1.807) is 12.3 Å². The van der Waals surface area contributed by atoms with Crippen molar-refractivity contribution in [1.29, 1.82) is 0 Å². The van der Waals surface area contributed by atoms with E-state index in [0.29, 0.717) is 10.9 Å². The maximum Gasteiger partial charge on any atom is 0.490 e. The predicted molar refractivity (Wildman–Crippen MR) is 103 cm³/mol. The Hall–Kier alpha value is -2.52. The van der Waals surface area contributed by atoms with Gasteiger partial charge in [0.1, 0.15) is 5.69 Å². The van der Waals surface area contributed by atoms with Crippen LogP contribution in [-0.4, -0.2) is 35.3 Å². The molecule has 2 aliphatic rings. The van der Waals surface area contributed by atoms with Crippen LogP contribution >= 0.6 is 11.6 Å². The molecule has 0 unspecified atom stereocenters. The standard InChI is InChI=1S/C18H19ClN2O2.C2HF3O2/c1-18(16-6-5-13(19)11-21-16)22-15-4-2-3-14(17(15)23-18)12-7-9-20-10-8-12;3-2(4,5)1(6)7/h2-6,11-12,20H,7-10H2,1H3;(H,6,7)/t18-;/m0./s1. The summed E-state index contributed by atoms with van der Waals surface area (Å²) in [4.78, 5) is 13.3. The number of nitrogens with zero attached hydrogens (tertiary/aromatic N) is 1. The van der Waals surface area contributed by atoms with Crippen LogP contribution in [0.4, 0.5) is 13.2 Å². The molecule has 0 saturated carbocycles. The number of alkyl halides is 3. The summed E-state index contributed by atoms with van der Waals surface area (Å²) in [6, 6.07) is 9.80. The Bertz CT molecular complexity index is 902. The lowest BCUT2D eigenvalue weighted by molar-refractivity contribution is -0.192. The summed E-state index contributed by atoms with van der Waals surface area (Å²) in [6.07, 6.45) is -1.23. The molecule has 2 N–H and O–H groups in total. The van der Waals surface area contributed by atoms with E-state index in [1.807, 2.05) is 25.1 Å². The number of hydrogen-bond acceptors (Lipinski definition) is 5. The largest absolute Gasteiger partial charge is 0.490 e. The number of halogens is 4. The first-order chi connectivity index (χ1) is 14.1. The first-order valence-corrected chi connectivity index (χ1v) is 9.62. The molecule has 1 aromatic carbocycles. The van der Waals surface area contributed by atoms with Crippen LogP contribution in [-0.2, 0) is 10.6 Å². The number of aliphatic carboxylic acids is 1. The van der Waals surface area contributed by atoms with Gasteiger partial charge in [-0.1, -0.05) is 23.7 Å². The summed E-state index contributed by atoms with van der Waals surface area (Å²) in [5.41, 5.74) is 1.95. The van der Waals surface area contributed by atoms with E-state index in [1.165, 1.54) is 5.56 Å². The molecule has 1 fully saturated rings. The number of carboxylic acids is 1. The molecule has 1 saturated heterocycles. The van der Waals surface area contributed by atoms with Gasteiger partial charge in [-0.25, -0.2) is 4.79 Å². The molecule has 0 spiro atoms. The van der Waals surface area contributed by atoms with Crippen LogP contribution < -0.4 is 14.8 Å². The number of carboxylic acid groups (broad SMARTS) is 1. The molecule has 1 atom stereocenters. The fraction of sp³-hybridized carbons (Fsp3) is 0.400. The normalized spacial score (nSPS) is 21.0. The molecule has 1 aromatic heterocycles. The SMILES string of the molecule is C[C@]1(c2ccc(Cl)cn2)Oc2cccc(C3CCNCC3)c2O1.O=C(O)C(F)(F)F. The molecule has 2 aliphatic heterocycles. The Morgan fingerprint density at radius 3 is 2.47 bits per heavy atom. The highest BCUT2D eigenvalue weighted by atomic mass is 35.5. The van der Waals surface area contributed by atoms with E-state index < -0.39 is 17.9 Å². The molecule has 3 heterocycles. The molecule has 0 bridgehead atoms. The number of fused-ring (bicyclic) bond motifs is 1. The minimum atomic E-state index is -5.08. The van der Waals surface area contributed by atoms with Gasteiger partial charge in [0.25, 0.3) is 5.79 Å². The summed E-state index contributed by atoms with van der Waals surface area (Å²) in [5.74, 6) is -1.50. The van der Waals surface area contributed by atoms with Crippen molar-refractivity contribution in [2.24, 2.45) is 0 Å². The summed E-state index contributed by atoms with van der Waals surface area (Å²) < 4.78 is 44.1. The monoisotopic (exact) mass is 444 g/mol. The Morgan fingerprint density at radius 2 is 1.90 bits per heavy atom. The van der Waals surface area contributed by atoms with Crippen LogP contribution in [0, 0.1) is 0 Å². The number of ether oxygens (including phenoxy) is 2. The van der Waals surface area contributed by atoms with Crippen molar-refractivity contribution in [3.8, 4) is 11.5 Å². The molecule has 30 heavy (non-hydrogen) atoms. The highest BCUT2D eigenvalue weighted by molar-refractivity contribution is 6.30. The fourth-order valence-electron chi connectivity index (χ4n) is 3.35. The van der Waals surface area contributed by atoms with E-state index in [4.69, 9.17) is 31.0 Å². The Kier molecular flexibility index (Phi) is 6.42. The second kappa shape index (κ2) is 8.69. The Labute approximate surface area is 176 Å². The van der Waals surface area contributed by atoms with Gasteiger partial charge >= 0.3 is 12.1 Å². The van der Waals surface area contributed by atoms with Crippen molar-refractivity contribution in [2.75, 3.05) is 13.1 Å². The number of carbonyl (C=O) groups is 1. The summed E-state index contributed by atoms with van der Waals surface area (Å²) in [6.45, 7) is 3.99. The van der Waals surface area contributed by atoms with Gasteiger partial charge in [0.2, 0.25) is 0 Å². The second-order valence-electron chi connectivity index (χ2n) is 7.01. The van der Waals surface area contributed by atoms with Crippen molar-refractivity contribution in [1.82, 2.24) is 10.3 Å². The number of piperidine rings is 1. The topological polar surface area (TPSA) is 80.7 Å². The van der Waals surface area contributed by atoms with Crippen LogP contribution in [0.5, 0.6) is 11.5 Å². The van der Waals surface area contributed by atoms with Gasteiger partial charge in [-0.15, -0.1) is 0 Å². The smallest absolute Gasteiger partial charge is 0.475 e. The summed E-state index contributed by atoms with van der Waals surface area (Å²) in [7, 11) is 0. The maximum absolute atomic E-state index is 10.6. The second-order valence-corrected chi connectivity index (χ2v) is 7.45. The molecule has 0 amide bonds. The van der Waals surface area contributed by atoms with Crippen LogP contribution in [0.25, 0.3) is 0 Å².